The van der Waals surface area contributed by atoms with E-state index >= 15 is 0 Å². The molecule has 0 aliphatic carbocycles. The van der Waals surface area contributed by atoms with Crippen LogP contribution in [0.15, 0.2) is 40.6 Å². The predicted octanol–water partition coefficient (Wildman–Crippen LogP) is 2.22. The molecule has 2 aliphatic rings. The molecule has 1 N–H and O–H groups in total. The van der Waals surface area contributed by atoms with Gasteiger partial charge < -0.3 is 10.0 Å². The Hall–Kier alpha value is -2.23. The number of piperazine rings is 1. The Morgan fingerprint density at radius 1 is 1.19 bits per heavy atom. The number of aliphatic hydroxyl groups is 1. The lowest BCUT2D eigenvalue weighted by atomic mass is 10.0. The van der Waals surface area contributed by atoms with Gasteiger partial charge in [0.05, 0.1) is 6.10 Å². The second kappa shape index (κ2) is 8.43. The highest BCUT2D eigenvalue weighted by atomic mass is 16.3. The van der Waals surface area contributed by atoms with Crippen LogP contribution in [0.5, 0.6) is 0 Å². The minimum Gasteiger partial charge on any atom is -0.387 e. The van der Waals surface area contributed by atoms with E-state index in [0.717, 1.165) is 25.1 Å². The summed E-state index contributed by atoms with van der Waals surface area (Å²) in [6, 6.07) is 9.69. The summed E-state index contributed by atoms with van der Waals surface area (Å²) in [5, 5.41) is 18.5. The molecule has 0 radical (unpaired) electrons. The van der Waals surface area contributed by atoms with Crippen LogP contribution >= 0.6 is 0 Å². The molecule has 2 heterocycles. The lowest BCUT2D eigenvalue weighted by Crippen LogP contribution is -2.49. The maximum Gasteiger partial charge on any atom is 0.222 e. The Bertz CT molecular complexity index is 669. The minimum absolute atomic E-state index is 0.158. The Morgan fingerprint density at radius 3 is 2.50 bits per heavy atom. The molecule has 1 amide bonds. The van der Waals surface area contributed by atoms with Crippen molar-refractivity contribution in [1.29, 1.82) is 0 Å². The topological polar surface area (TPSA) is 68.5 Å². The summed E-state index contributed by atoms with van der Waals surface area (Å²) < 4.78 is 0. The predicted molar refractivity (Wildman–Crippen MR) is 99.3 cm³/mol. The molecule has 6 heteroatoms. The van der Waals surface area contributed by atoms with Gasteiger partial charge in [-0.1, -0.05) is 30.3 Å². The fourth-order valence-corrected chi connectivity index (χ4v) is 3.34. The lowest BCUT2D eigenvalue weighted by Gasteiger charge is -2.35. The fourth-order valence-electron chi connectivity index (χ4n) is 3.34. The number of hydrogen-bond acceptors (Lipinski definition) is 5. The number of terminal acetylenes is 1. The van der Waals surface area contributed by atoms with Gasteiger partial charge in [-0.05, 0) is 5.56 Å². The van der Waals surface area contributed by atoms with Gasteiger partial charge in [0.25, 0.3) is 0 Å². The van der Waals surface area contributed by atoms with Gasteiger partial charge in [0.2, 0.25) is 5.91 Å². The second-order valence-corrected chi connectivity index (χ2v) is 6.99. The van der Waals surface area contributed by atoms with Crippen LogP contribution in [0.4, 0.5) is 0 Å². The molecule has 1 fully saturated rings. The van der Waals surface area contributed by atoms with E-state index in [2.05, 4.69) is 21.0 Å². The zero-order chi connectivity index (χ0) is 18.4. The standard InChI is InChI=1S/C20H26N4O2/c1-2-3-10-20(21-22-20)11-9-19(26)24-14-12-23(13-15-24)16-18(25)17-7-5-4-6-8-17/h1,4-8,18,25H,3,9-16H2. The Balaban J connectivity index is 1.38. The minimum atomic E-state index is -0.493. The molecule has 0 bridgehead atoms. The van der Waals surface area contributed by atoms with E-state index in [0.29, 0.717) is 38.9 Å². The number of β-amino-alcohol motifs (C(OH)–C–C–N with tert-alkyl or cyclic N) is 1. The van der Waals surface area contributed by atoms with Crippen molar-refractivity contribution in [3.8, 4) is 12.3 Å². The summed E-state index contributed by atoms with van der Waals surface area (Å²) >= 11 is 0. The average Bonchev–Trinajstić information content (AvgIpc) is 3.46. The summed E-state index contributed by atoms with van der Waals surface area (Å²) in [5.41, 5.74) is 0.545. The average molecular weight is 354 g/mol. The molecule has 1 aromatic carbocycles. The maximum atomic E-state index is 12.4. The van der Waals surface area contributed by atoms with Crippen molar-refractivity contribution in [1.82, 2.24) is 9.80 Å². The van der Waals surface area contributed by atoms with E-state index in [1.165, 1.54) is 0 Å². The van der Waals surface area contributed by atoms with Crippen molar-refractivity contribution in [3.05, 3.63) is 35.9 Å². The monoisotopic (exact) mass is 354 g/mol. The number of carbonyl (C=O) groups is 1. The first-order valence-corrected chi connectivity index (χ1v) is 9.22. The van der Waals surface area contributed by atoms with Crippen LogP contribution in [0.1, 0.15) is 37.4 Å². The zero-order valence-corrected chi connectivity index (χ0v) is 15.0. The van der Waals surface area contributed by atoms with Crippen molar-refractivity contribution in [2.45, 2.75) is 37.5 Å². The number of amides is 1. The van der Waals surface area contributed by atoms with Crippen LogP contribution in [-0.2, 0) is 4.79 Å². The fraction of sp³-hybridized carbons (Fsp3) is 0.550. The van der Waals surface area contributed by atoms with Gasteiger partial charge in [-0.15, -0.1) is 12.3 Å². The highest BCUT2D eigenvalue weighted by Crippen LogP contribution is 2.37. The first-order valence-electron chi connectivity index (χ1n) is 9.22. The molecular formula is C20H26N4O2. The number of carbonyl (C=O) groups excluding carboxylic acids is 1. The van der Waals surface area contributed by atoms with E-state index in [1.54, 1.807) is 0 Å². The van der Waals surface area contributed by atoms with Crippen molar-refractivity contribution in [3.63, 3.8) is 0 Å². The van der Waals surface area contributed by atoms with E-state index in [1.807, 2.05) is 35.2 Å². The maximum absolute atomic E-state index is 12.4. The van der Waals surface area contributed by atoms with E-state index < -0.39 is 6.10 Å². The third kappa shape index (κ3) is 4.90. The molecule has 0 aromatic heterocycles. The molecule has 1 saturated heterocycles. The van der Waals surface area contributed by atoms with Gasteiger partial charge in [-0.25, -0.2) is 0 Å². The Kier molecular flexibility index (Phi) is 6.02. The molecule has 6 nitrogen and oxygen atoms in total. The quantitative estimate of drug-likeness (QED) is 0.728. The van der Waals surface area contributed by atoms with Gasteiger partial charge in [-0.3, -0.25) is 9.69 Å². The molecule has 138 valence electrons. The van der Waals surface area contributed by atoms with Gasteiger partial charge in [-0.2, -0.15) is 10.2 Å². The summed E-state index contributed by atoms with van der Waals surface area (Å²) in [6.07, 6.45) is 7.29. The number of aliphatic hydroxyl groups excluding tert-OH is 1. The van der Waals surface area contributed by atoms with Crippen molar-refractivity contribution in [2.24, 2.45) is 10.2 Å². The van der Waals surface area contributed by atoms with Crippen molar-refractivity contribution in [2.75, 3.05) is 32.7 Å². The zero-order valence-electron chi connectivity index (χ0n) is 15.0. The molecule has 1 aromatic rings. The van der Waals surface area contributed by atoms with Gasteiger partial charge in [0.15, 0.2) is 5.66 Å². The summed E-state index contributed by atoms with van der Waals surface area (Å²) in [5.74, 6) is 2.76. The van der Waals surface area contributed by atoms with Crippen LogP contribution in [0.2, 0.25) is 0 Å². The van der Waals surface area contributed by atoms with Crippen LogP contribution in [-0.4, -0.2) is 59.2 Å². The van der Waals surface area contributed by atoms with Crippen LogP contribution in [0.3, 0.4) is 0 Å². The van der Waals surface area contributed by atoms with Crippen molar-refractivity contribution < 1.29 is 9.90 Å². The van der Waals surface area contributed by atoms with E-state index in [9.17, 15) is 9.90 Å². The van der Waals surface area contributed by atoms with Crippen molar-refractivity contribution >= 4 is 5.91 Å². The summed E-state index contributed by atoms with van der Waals surface area (Å²) in [4.78, 5) is 16.5. The second-order valence-electron chi connectivity index (χ2n) is 6.99. The number of rotatable bonds is 8. The highest BCUT2D eigenvalue weighted by molar-refractivity contribution is 5.76. The first kappa shape index (κ1) is 18.6. The van der Waals surface area contributed by atoms with E-state index in [4.69, 9.17) is 6.42 Å². The van der Waals surface area contributed by atoms with Gasteiger partial charge >= 0.3 is 0 Å². The Morgan fingerprint density at radius 2 is 1.88 bits per heavy atom. The van der Waals surface area contributed by atoms with Crippen LogP contribution in [0, 0.1) is 12.3 Å². The van der Waals surface area contributed by atoms with Crippen LogP contribution < -0.4 is 0 Å². The number of nitrogens with zero attached hydrogens (tertiary/aromatic N) is 4. The Labute approximate surface area is 154 Å². The van der Waals surface area contributed by atoms with Gasteiger partial charge in [0, 0.05) is 58.4 Å². The number of hydrogen-bond donors (Lipinski definition) is 1. The van der Waals surface area contributed by atoms with E-state index in [-0.39, 0.29) is 11.6 Å². The molecule has 1 unspecified atom stereocenters. The lowest BCUT2D eigenvalue weighted by molar-refractivity contribution is -0.133. The first-order chi connectivity index (χ1) is 12.6. The third-order valence-corrected chi connectivity index (χ3v) is 5.13. The number of benzene rings is 1. The SMILES string of the molecule is C#CCCC1(CCC(=O)N2CCN(CC(O)c3ccccc3)CC2)N=N1. The smallest absolute Gasteiger partial charge is 0.222 e. The highest BCUT2D eigenvalue weighted by Gasteiger charge is 2.39. The van der Waals surface area contributed by atoms with Gasteiger partial charge in [0.1, 0.15) is 0 Å². The molecule has 26 heavy (non-hydrogen) atoms. The molecule has 0 spiro atoms. The third-order valence-electron chi connectivity index (χ3n) is 5.13. The summed E-state index contributed by atoms with van der Waals surface area (Å²) in [6.45, 7) is 3.57. The van der Waals surface area contributed by atoms with Crippen LogP contribution in [0.25, 0.3) is 0 Å². The largest absolute Gasteiger partial charge is 0.387 e. The molecular weight excluding hydrogens is 328 g/mol. The summed E-state index contributed by atoms with van der Waals surface area (Å²) in [7, 11) is 0. The molecule has 2 aliphatic heterocycles. The normalized spacial score (nSPS) is 19.8. The molecule has 3 rings (SSSR count). The molecule has 0 saturated carbocycles. The molecule has 1 atom stereocenters.